The third-order valence-corrected chi connectivity index (χ3v) is 3.80. The lowest BCUT2D eigenvalue weighted by Gasteiger charge is -1.99. The number of aromatic nitrogens is 1. The maximum Gasteiger partial charge on any atom is 0.0693 e. The quantitative estimate of drug-likeness (QED) is 0.710. The molecule has 1 aliphatic rings. The molecular weight excluding hydrogens is 196 g/mol. The Morgan fingerprint density at radius 2 is 2.19 bits per heavy atom. The highest BCUT2D eigenvalue weighted by molar-refractivity contribution is 5.85. The lowest BCUT2D eigenvalue weighted by Crippen LogP contribution is -1.91. The van der Waals surface area contributed by atoms with Gasteiger partial charge in [0, 0.05) is 30.1 Å². The standard InChI is InChI=1S/C14H14N2/c1-14(9-15)7-12(14)11-8-16(2)13-6-4-3-5-10(11)13/h3-6,8,12H,7H2,1-2H3. The summed E-state index contributed by atoms with van der Waals surface area (Å²) in [5, 5.41) is 10.4. The van der Waals surface area contributed by atoms with Gasteiger partial charge in [-0.3, -0.25) is 0 Å². The molecule has 2 unspecified atom stereocenters. The van der Waals surface area contributed by atoms with E-state index < -0.39 is 0 Å². The van der Waals surface area contributed by atoms with E-state index in [1.54, 1.807) is 0 Å². The number of fused-ring (bicyclic) bond motifs is 1. The minimum Gasteiger partial charge on any atom is -0.350 e. The zero-order valence-corrected chi connectivity index (χ0v) is 9.57. The van der Waals surface area contributed by atoms with Crippen LogP contribution in [-0.2, 0) is 7.05 Å². The van der Waals surface area contributed by atoms with Gasteiger partial charge < -0.3 is 4.57 Å². The molecule has 1 saturated carbocycles. The summed E-state index contributed by atoms with van der Waals surface area (Å²) in [6.07, 6.45) is 3.18. The number of nitrogens with zero attached hydrogens (tertiary/aromatic N) is 2. The van der Waals surface area contributed by atoms with Crippen molar-refractivity contribution in [1.82, 2.24) is 4.57 Å². The molecule has 3 rings (SSSR count). The van der Waals surface area contributed by atoms with Gasteiger partial charge in [0.25, 0.3) is 0 Å². The topological polar surface area (TPSA) is 28.7 Å². The van der Waals surface area contributed by atoms with E-state index >= 15 is 0 Å². The number of nitriles is 1. The predicted octanol–water partition coefficient (Wildman–Crippen LogP) is 3.20. The number of benzene rings is 1. The van der Waals surface area contributed by atoms with Crippen LogP contribution in [0.2, 0.25) is 0 Å². The minimum atomic E-state index is -0.135. The van der Waals surface area contributed by atoms with Crippen molar-refractivity contribution in [2.24, 2.45) is 12.5 Å². The van der Waals surface area contributed by atoms with Crippen LogP contribution >= 0.6 is 0 Å². The average Bonchev–Trinajstić information content (AvgIpc) is 2.88. The summed E-state index contributed by atoms with van der Waals surface area (Å²) in [5.41, 5.74) is 2.45. The maximum absolute atomic E-state index is 9.12. The van der Waals surface area contributed by atoms with Crippen molar-refractivity contribution >= 4 is 10.9 Å². The molecule has 1 aromatic heterocycles. The minimum absolute atomic E-state index is 0.135. The second-order valence-electron chi connectivity index (χ2n) is 5.00. The SMILES string of the molecule is Cn1cc(C2CC2(C)C#N)c2ccccc21. The number of hydrogen-bond donors (Lipinski definition) is 0. The molecular formula is C14H14N2. The maximum atomic E-state index is 9.12. The van der Waals surface area contributed by atoms with Crippen LogP contribution in [0.3, 0.4) is 0 Å². The summed E-state index contributed by atoms with van der Waals surface area (Å²) in [7, 11) is 2.07. The van der Waals surface area contributed by atoms with Crippen molar-refractivity contribution in [3.8, 4) is 6.07 Å². The first-order valence-electron chi connectivity index (χ1n) is 5.61. The fraction of sp³-hybridized carbons (Fsp3) is 0.357. The van der Waals surface area contributed by atoms with E-state index in [0.29, 0.717) is 5.92 Å². The Morgan fingerprint density at radius 1 is 1.44 bits per heavy atom. The largest absolute Gasteiger partial charge is 0.350 e. The van der Waals surface area contributed by atoms with E-state index in [1.807, 2.05) is 0 Å². The van der Waals surface area contributed by atoms with E-state index in [-0.39, 0.29) is 5.41 Å². The number of para-hydroxylation sites is 1. The summed E-state index contributed by atoms with van der Waals surface area (Å²) >= 11 is 0. The second kappa shape index (κ2) is 2.89. The van der Waals surface area contributed by atoms with Gasteiger partial charge in [-0.1, -0.05) is 18.2 Å². The number of rotatable bonds is 1. The van der Waals surface area contributed by atoms with E-state index in [1.165, 1.54) is 16.5 Å². The fourth-order valence-corrected chi connectivity index (χ4v) is 2.59. The molecule has 16 heavy (non-hydrogen) atoms. The van der Waals surface area contributed by atoms with E-state index in [4.69, 9.17) is 5.26 Å². The molecule has 0 aliphatic heterocycles. The molecule has 2 heteroatoms. The zero-order valence-electron chi connectivity index (χ0n) is 9.57. The van der Waals surface area contributed by atoms with Crippen molar-refractivity contribution in [2.45, 2.75) is 19.3 Å². The molecule has 0 amide bonds. The van der Waals surface area contributed by atoms with Crippen molar-refractivity contribution in [1.29, 1.82) is 5.26 Å². The van der Waals surface area contributed by atoms with Gasteiger partial charge in [-0.25, -0.2) is 0 Å². The van der Waals surface area contributed by atoms with Crippen molar-refractivity contribution < 1.29 is 0 Å². The highest BCUT2D eigenvalue weighted by Crippen LogP contribution is 2.59. The molecule has 1 aliphatic carbocycles. The van der Waals surface area contributed by atoms with Gasteiger partial charge in [-0.2, -0.15) is 5.26 Å². The highest BCUT2D eigenvalue weighted by atomic mass is 14.9. The third kappa shape index (κ3) is 1.12. The lowest BCUT2D eigenvalue weighted by atomic mass is 10.0. The van der Waals surface area contributed by atoms with Crippen LogP contribution in [0.15, 0.2) is 30.5 Å². The summed E-state index contributed by atoms with van der Waals surface area (Å²) in [5.74, 6) is 0.420. The van der Waals surface area contributed by atoms with Crippen molar-refractivity contribution in [3.05, 3.63) is 36.0 Å². The van der Waals surface area contributed by atoms with Crippen LogP contribution in [0.1, 0.15) is 24.8 Å². The van der Waals surface area contributed by atoms with Crippen LogP contribution in [0, 0.1) is 16.7 Å². The lowest BCUT2D eigenvalue weighted by molar-refractivity contribution is 0.728. The Bertz CT molecular complexity index is 603. The Hall–Kier alpha value is -1.75. The number of hydrogen-bond acceptors (Lipinski definition) is 1. The van der Waals surface area contributed by atoms with Crippen molar-refractivity contribution in [3.63, 3.8) is 0 Å². The molecule has 1 heterocycles. The molecule has 0 N–H and O–H groups in total. The smallest absolute Gasteiger partial charge is 0.0693 e. The molecule has 2 aromatic rings. The van der Waals surface area contributed by atoms with E-state index in [2.05, 4.69) is 55.1 Å². The highest BCUT2D eigenvalue weighted by Gasteiger charge is 2.52. The van der Waals surface area contributed by atoms with Gasteiger partial charge >= 0.3 is 0 Å². The average molecular weight is 210 g/mol. The fourth-order valence-electron chi connectivity index (χ4n) is 2.59. The van der Waals surface area contributed by atoms with Crippen LogP contribution in [-0.4, -0.2) is 4.57 Å². The van der Waals surface area contributed by atoms with Gasteiger partial charge in [0.2, 0.25) is 0 Å². The molecule has 0 bridgehead atoms. The van der Waals surface area contributed by atoms with Crippen LogP contribution in [0.25, 0.3) is 10.9 Å². The second-order valence-corrected chi connectivity index (χ2v) is 5.00. The molecule has 0 spiro atoms. The predicted molar refractivity (Wildman–Crippen MR) is 64.0 cm³/mol. The first-order valence-corrected chi connectivity index (χ1v) is 5.61. The third-order valence-electron chi connectivity index (χ3n) is 3.80. The van der Waals surface area contributed by atoms with Crippen LogP contribution in [0.4, 0.5) is 0 Å². The Balaban J connectivity index is 2.17. The normalized spacial score (nSPS) is 27.9. The summed E-state index contributed by atoms with van der Waals surface area (Å²) in [4.78, 5) is 0. The monoisotopic (exact) mass is 210 g/mol. The molecule has 0 radical (unpaired) electrons. The Kier molecular flexibility index (Phi) is 1.71. The molecule has 0 saturated heterocycles. The van der Waals surface area contributed by atoms with E-state index in [0.717, 1.165) is 6.42 Å². The molecule has 2 nitrogen and oxygen atoms in total. The van der Waals surface area contributed by atoms with Gasteiger partial charge in [0.15, 0.2) is 0 Å². The van der Waals surface area contributed by atoms with Crippen molar-refractivity contribution in [2.75, 3.05) is 0 Å². The first-order chi connectivity index (χ1) is 7.65. The van der Waals surface area contributed by atoms with Gasteiger partial charge in [-0.15, -0.1) is 0 Å². The molecule has 1 fully saturated rings. The van der Waals surface area contributed by atoms with E-state index in [9.17, 15) is 0 Å². The molecule has 80 valence electrons. The van der Waals surface area contributed by atoms with Gasteiger partial charge in [0.1, 0.15) is 0 Å². The first kappa shape index (κ1) is 9.47. The summed E-state index contributed by atoms with van der Waals surface area (Å²) in [6, 6.07) is 10.8. The van der Waals surface area contributed by atoms with Gasteiger partial charge in [-0.05, 0) is 25.0 Å². The van der Waals surface area contributed by atoms with Crippen LogP contribution < -0.4 is 0 Å². The summed E-state index contributed by atoms with van der Waals surface area (Å²) in [6.45, 7) is 2.06. The summed E-state index contributed by atoms with van der Waals surface area (Å²) < 4.78 is 2.15. The molecule has 1 aromatic carbocycles. The Morgan fingerprint density at radius 3 is 2.88 bits per heavy atom. The Labute approximate surface area is 95.1 Å². The van der Waals surface area contributed by atoms with Gasteiger partial charge in [0.05, 0.1) is 11.5 Å². The zero-order chi connectivity index (χ0) is 11.3. The van der Waals surface area contributed by atoms with Crippen LogP contribution in [0.5, 0.6) is 0 Å². The number of aryl methyl sites for hydroxylation is 1. The molecule has 2 atom stereocenters.